The number of alkyl halides is 2. The predicted octanol–water partition coefficient (Wildman–Crippen LogP) is 2.72. The van der Waals surface area contributed by atoms with Crippen molar-refractivity contribution < 1.29 is 13.5 Å². The highest BCUT2D eigenvalue weighted by atomic mass is 19.3. The maximum absolute atomic E-state index is 12.3. The number of rotatable bonds is 6. The molecular formula is C14H17F2N3O. The molecule has 0 aliphatic rings. The second kappa shape index (κ2) is 6.47. The van der Waals surface area contributed by atoms with E-state index in [0.29, 0.717) is 0 Å². The SMILES string of the molecule is CCNC(c1cccc(OC(F)F)c1)c1ccn(C)n1. The zero-order valence-electron chi connectivity index (χ0n) is 11.4. The van der Waals surface area contributed by atoms with Gasteiger partial charge in [0.25, 0.3) is 0 Å². The van der Waals surface area contributed by atoms with Gasteiger partial charge in [-0.2, -0.15) is 13.9 Å². The topological polar surface area (TPSA) is 39.1 Å². The van der Waals surface area contributed by atoms with Crippen molar-refractivity contribution in [3.8, 4) is 5.75 Å². The number of halogens is 2. The van der Waals surface area contributed by atoms with E-state index in [2.05, 4.69) is 15.2 Å². The van der Waals surface area contributed by atoms with Crippen LogP contribution in [0.15, 0.2) is 36.5 Å². The Hall–Kier alpha value is -1.95. The van der Waals surface area contributed by atoms with Crippen LogP contribution in [0.1, 0.15) is 24.2 Å². The summed E-state index contributed by atoms with van der Waals surface area (Å²) in [5.41, 5.74) is 1.67. The van der Waals surface area contributed by atoms with Gasteiger partial charge < -0.3 is 10.1 Å². The summed E-state index contributed by atoms with van der Waals surface area (Å²) in [7, 11) is 1.84. The lowest BCUT2D eigenvalue weighted by Gasteiger charge is -2.17. The van der Waals surface area contributed by atoms with Gasteiger partial charge in [0.15, 0.2) is 0 Å². The average Bonchev–Trinajstić information content (AvgIpc) is 2.82. The molecule has 108 valence electrons. The Balaban J connectivity index is 2.29. The lowest BCUT2D eigenvalue weighted by atomic mass is 10.0. The van der Waals surface area contributed by atoms with Gasteiger partial charge in [-0.05, 0) is 30.3 Å². The lowest BCUT2D eigenvalue weighted by Crippen LogP contribution is -2.22. The third-order valence-electron chi connectivity index (χ3n) is 2.85. The normalized spacial score (nSPS) is 12.7. The highest BCUT2D eigenvalue weighted by Gasteiger charge is 2.16. The summed E-state index contributed by atoms with van der Waals surface area (Å²) in [5.74, 6) is 0.149. The van der Waals surface area contributed by atoms with E-state index < -0.39 is 6.61 Å². The Morgan fingerprint density at radius 1 is 1.35 bits per heavy atom. The first kappa shape index (κ1) is 14.5. The van der Waals surface area contributed by atoms with E-state index in [1.54, 1.807) is 16.8 Å². The van der Waals surface area contributed by atoms with Gasteiger partial charge >= 0.3 is 6.61 Å². The summed E-state index contributed by atoms with van der Waals surface area (Å²) < 4.78 is 30.7. The Labute approximate surface area is 116 Å². The standard InChI is InChI=1S/C14H17F2N3O/c1-3-17-13(12-7-8-19(2)18-12)10-5-4-6-11(9-10)20-14(15)16/h4-9,13-14,17H,3H2,1-2H3. The third kappa shape index (κ3) is 3.54. The first-order chi connectivity index (χ1) is 9.60. The maximum atomic E-state index is 12.3. The molecule has 2 aromatic rings. The van der Waals surface area contributed by atoms with Gasteiger partial charge in [0.2, 0.25) is 0 Å². The minimum atomic E-state index is -2.82. The number of aryl methyl sites for hydroxylation is 1. The highest BCUT2D eigenvalue weighted by molar-refractivity contribution is 5.34. The van der Waals surface area contributed by atoms with Gasteiger partial charge in [-0.1, -0.05) is 19.1 Å². The van der Waals surface area contributed by atoms with E-state index in [0.717, 1.165) is 17.8 Å². The third-order valence-corrected chi connectivity index (χ3v) is 2.85. The maximum Gasteiger partial charge on any atom is 0.387 e. The summed E-state index contributed by atoms with van der Waals surface area (Å²) in [6.45, 7) is -0.103. The summed E-state index contributed by atoms with van der Waals surface area (Å²) in [6.07, 6.45) is 1.85. The molecule has 0 saturated heterocycles. The second-order valence-corrected chi connectivity index (χ2v) is 4.36. The van der Waals surface area contributed by atoms with Gasteiger partial charge in [0, 0.05) is 13.2 Å². The number of aromatic nitrogens is 2. The van der Waals surface area contributed by atoms with Crippen LogP contribution in [0.25, 0.3) is 0 Å². The Kier molecular flexibility index (Phi) is 4.68. The highest BCUT2D eigenvalue weighted by Crippen LogP contribution is 2.25. The fourth-order valence-electron chi connectivity index (χ4n) is 2.05. The van der Waals surface area contributed by atoms with E-state index in [9.17, 15) is 8.78 Å². The molecule has 0 bridgehead atoms. The van der Waals surface area contributed by atoms with Crippen molar-refractivity contribution in [2.24, 2.45) is 7.05 Å². The van der Waals surface area contributed by atoms with Crippen LogP contribution in [0.3, 0.4) is 0 Å². The molecule has 1 N–H and O–H groups in total. The summed E-state index contributed by atoms with van der Waals surface area (Å²) in [4.78, 5) is 0. The quantitative estimate of drug-likeness (QED) is 0.885. The van der Waals surface area contributed by atoms with Crippen LogP contribution in [0.2, 0.25) is 0 Å². The Morgan fingerprint density at radius 2 is 2.15 bits per heavy atom. The van der Waals surface area contributed by atoms with Crippen molar-refractivity contribution in [3.63, 3.8) is 0 Å². The van der Waals surface area contributed by atoms with Gasteiger partial charge in [-0.15, -0.1) is 0 Å². The zero-order valence-corrected chi connectivity index (χ0v) is 11.4. The van der Waals surface area contributed by atoms with Crippen LogP contribution < -0.4 is 10.1 Å². The monoisotopic (exact) mass is 281 g/mol. The van der Waals surface area contributed by atoms with Crippen molar-refractivity contribution in [2.75, 3.05) is 6.54 Å². The van der Waals surface area contributed by atoms with Crippen LogP contribution >= 0.6 is 0 Å². The zero-order chi connectivity index (χ0) is 14.5. The number of benzene rings is 1. The first-order valence-electron chi connectivity index (χ1n) is 6.38. The van der Waals surface area contributed by atoms with Gasteiger partial charge in [0.05, 0.1) is 11.7 Å². The fourth-order valence-corrected chi connectivity index (χ4v) is 2.05. The molecule has 1 heterocycles. The first-order valence-corrected chi connectivity index (χ1v) is 6.38. The molecule has 0 spiro atoms. The minimum absolute atomic E-state index is 0.149. The van der Waals surface area contributed by atoms with E-state index >= 15 is 0 Å². The van der Waals surface area contributed by atoms with Crippen molar-refractivity contribution in [3.05, 3.63) is 47.8 Å². The second-order valence-electron chi connectivity index (χ2n) is 4.36. The van der Waals surface area contributed by atoms with E-state index in [1.807, 2.05) is 32.3 Å². The average molecular weight is 281 g/mol. The lowest BCUT2D eigenvalue weighted by molar-refractivity contribution is -0.0498. The van der Waals surface area contributed by atoms with Crippen LogP contribution in [0, 0.1) is 0 Å². The Morgan fingerprint density at radius 3 is 2.75 bits per heavy atom. The molecule has 0 aliphatic carbocycles. The number of hydrogen-bond donors (Lipinski definition) is 1. The smallest absolute Gasteiger partial charge is 0.387 e. The molecule has 1 aromatic carbocycles. The summed E-state index contributed by atoms with van der Waals surface area (Å²) in [5, 5.41) is 7.65. The molecule has 0 radical (unpaired) electrons. The van der Waals surface area contributed by atoms with Crippen molar-refractivity contribution in [1.29, 1.82) is 0 Å². The van der Waals surface area contributed by atoms with Crippen molar-refractivity contribution in [2.45, 2.75) is 19.6 Å². The van der Waals surface area contributed by atoms with E-state index in [1.165, 1.54) is 6.07 Å². The van der Waals surface area contributed by atoms with Gasteiger partial charge in [0.1, 0.15) is 5.75 Å². The summed E-state index contributed by atoms with van der Waals surface area (Å²) in [6, 6.07) is 8.42. The molecule has 20 heavy (non-hydrogen) atoms. The van der Waals surface area contributed by atoms with E-state index in [-0.39, 0.29) is 11.8 Å². The Bertz CT molecular complexity index is 557. The molecule has 0 saturated carbocycles. The molecule has 0 fully saturated rings. The van der Waals surface area contributed by atoms with Crippen LogP contribution in [0.4, 0.5) is 8.78 Å². The predicted molar refractivity (Wildman–Crippen MR) is 71.8 cm³/mol. The number of nitrogens with one attached hydrogen (secondary N) is 1. The van der Waals surface area contributed by atoms with E-state index in [4.69, 9.17) is 0 Å². The van der Waals surface area contributed by atoms with Crippen LogP contribution in [-0.4, -0.2) is 22.9 Å². The fraction of sp³-hybridized carbons (Fsp3) is 0.357. The van der Waals surface area contributed by atoms with Crippen LogP contribution in [-0.2, 0) is 7.05 Å². The molecule has 6 heteroatoms. The molecule has 1 aromatic heterocycles. The minimum Gasteiger partial charge on any atom is -0.435 e. The molecule has 1 unspecified atom stereocenters. The molecule has 1 atom stereocenters. The number of nitrogens with zero attached hydrogens (tertiary/aromatic N) is 2. The summed E-state index contributed by atoms with van der Waals surface area (Å²) >= 11 is 0. The number of hydrogen-bond acceptors (Lipinski definition) is 3. The van der Waals surface area contributed by atoms with Crippen LogP contribution in [0.5, 0.6) is 5.75 Å². The molecular weight excluding hydrogens is 264 g/mol. The van der Waals surface area contributed by atoms with Gasteiger partial charge in [-0.25, -0.2) is 0 Å². The molecule has 2 rings (SSSR count). The largest absolute Gasteiger partial charge is 0.435 e. The molecule has 4 nitrogen and oxygen atoms in total. The molecule has 0 amide bonds. The molecule has 0 aliphatic heterocycles. The number of ether oxygens (including phenoxy) is 1. The van der Waals surface area contributed by atoms with Gasteiger partial charge in [-0.3, -0.25) is 4.68 Å². The van der Waals surface area contributed by atoms with Crippen molar-refractivity contribution >= 4 is 0 Å². The van der Waals surface area contributed by atoms with Crippen molar-refractivity contribution in [1.82, 2.24) is 15.1 Å².